The molecule has 1 heterocycles. The molecule has 1 aromatic carbocycles. The number of fused-ring (bicyclic) bond motifs is 1. The highest BCUT2D eigenvalue weighted by Gasteiger charge is 2.26. The first-order valence-corrected chi connectivity index (χ1v) is 5.89. The van der Waals surface area contributed by atoms with Gasteiger partial charge in [0.1, 0.15) is 11.6 Å². The molecule has 3 nitrogen and oxygen atoms in total. The van der Waals surface area contributed by atoms with E-state index < -0.39 is 12.6 Å². The number of rotatable bonds is 3. The minimum Gasteiger partial charge on any atom is -0.507 e. The van der Waals surface area contributed by atoms with E-state index in [-0.39, 0.29) is 18.6 Å². The van der Waals surface area contributed by atoms with E-state index in [1.807, 2.05) is 0 Å². The molecule has 0 aliphatic carbocycles. The van der Waals surface area contributed by atoms with Crippen molar-refractivity contribution in [2.75, 3.05) is 0 Å². The van der Waals surface area contributed by atoms with Gasteiger partial charge in [-0.1, -0.05) is 6.07 Å². The Balaban J connectivity index is 2.31. The summed E-state index contributed by atoms with van der Waals surface area (Å²) in [6.07, 6.45) is -4.91. The minimum absolute atomic E-state index is 0.000455. The van der Waals surface area contributed by atoms with E-state index >= 15 is 0 Å². The Bertz CT molecular complexity index is 596. The third-order valence-electron chi connectivity index (χ3n) is 2.76. The SMILES string of the molecule is Cc1nc(CCCC(F)(F)F)c2c(O)cccc2n1. The molecule has 0 radical (unpaired) electrons. The molecule has 0 atom stereocenters. The molecule has 1 N–H and O–H groups in total. The number of halogens is 3. The third-order valence-corrected chi connectivity index (χ3v) is 2.76. The van der Waals surface area contributed by atoms with Gasteiger partial charge < -0.3 is 5.11 Å². The normalized spacial score (nSPS) is 12.0. The molecule has 2 rings (SSSR count). The molecule has 2 aromatic rings. The standard InChI is InChI=1S/C13H13F3N2O/c1-8-17-9-4-2-6-11(19)12(9)10(18-8)5-3-7-13(14,15)16/h2,4,6,19H,3,5,7H2,1H3. The molecule has 1 aromatic heterocycles. The first-order valence-electron chi connectivity index (χ1n) is 5.89. The summed E-state index contributed by atoms with van der Waals surface area (Å²) in [5, 5.41) is 10.2. The smallest absolute Gasteiger partial charge is 0.389 e. The third kappa shape index (κ3) is 3.33. The molecule has 0 fully saturated rings. The van der Waals surface area contributed by atoms with Gasteiger partial charge in [0.15, 0.2) is 0 Å². The summed E-state index contributed by atoms with van der Waals surface area (Å²) in [7, 11) is 0. The molecule has 19 heavy (non-hydrogen) atoms. The molecule has 102 valence electrons. The lowest BCUT2D eigenvalue weighted by atomic mass is 10.1. The van der Waals surface area contributed by atoms with Crippen LogP contribution in [0.5, 0.6) is 5.75 Å². The van der Waals surface area contributed by atoms with Crippen molar-refractivity contribution in [1.29, 1.82) is 0 Å². The van der Waals surface area contributed by atoms with E-state index in [4.69, 9.17) is 0 Å². The average Bonchev–Trinajstić information content (AvgIpc) is 2.26. The predicted molar refractivity (Wildman–Crippen MR) is 64.9 cm³/mol. The van der Waals surface area contributed by atoms with E-state index in [1.165, 1.54) is 6.07 Å². The zero-order valence-corrected chi connectivity index (χ0v) is 10.3. The van der Waals surface area contributed by atoms with Crippen LogP contribution >= 0.6 is 0 Å². The fourth-order valence-corrected chi connectivity index (χ4v) is 2.00. The van der Waals surface area contributed by atoms with Gasteiger partial charge in [0.05, 0.1) is 16.6 Å². The van der Waals surface area contributed by atoms with Crippen LogP contribution in [0.3, 0.4) is 0 Å². The number of hydrogen-bond donors (Lipinski definition) is 1. The van der Waals surface area contributed by atoms with Crippen LogP contribution in [0.4, 0.5) is 13.2 Å². The first-order chi connectivity index (χ1) is 8.87. The van der Waals surface area contributed by atoms with Gasteiger partial charge in [-0.25, -0.2) is 9.97 Å². The van der Waals surface area contributed by atoms with Crippen LogP contribution in [-0.2, 0) is 6.42 Å². The highest BCUT2D eigenvalue weighted by Crippen LogP contribution is 2.28. The summed E-state index contributed by atoms with van der Waals surface area (Å²) in [5.74, 6) is 0.486. The molecule has 0 aliphatic rings. The number of phenols is 1. The van der Waals surface area contributed by atoms with E-state index in [2.05, 4.69) is 9.97 Å². The number of aryl methyl sites for hydroxylation is 2. The van der Waals surface area contributed by atoms with E-state index in [0.717, 1.165) is 0 Å². The molecular weight excluding hydrogens is 257 g/mol. The van der Waals surface area contributed by atoms with Crippen molar-refractivity contribution in [3.63, 3.8) is 0 Å². The molecule has 0 spiro atoms. The number of aromatic nitrogens is 2. The number of phenolic OH excluding ortho intramolecular Hbond substituents is 1. The second-order valence-corrected chi connectivity index (χ2v) is 4.36. The number of nitrogens with zero attached hydrogens (tertiary/aromatic N) is 2. The summed E-state index contributed by atoms with van der Waals surface area (Å²) in [6, 6.07) is 4.83. The Kier molecular flexibility index (Phi) is 3.59. The summed E-state index contributed by atoms with van der Waals surface area (Å²) in [5.41, 5.74) is 1.01. The van der Waals surface area contributed by atoms with Gasteiger partial charge in [-0.2, -0.15) is 13.2 Å². The number of alkyl halides is 3. The zero-order valence-electron chi connectivity index (χ0n) is 10.3. The summed E-state index contributed by atoms with van der Waals surface area (Å²) in [4.78, 5) is 8.30. The van der Waals surface area contributed by atoms with E-state index in [9.17, 15) is 18.3 Å². The van der Waals surface area contributed by atoms with Crippen molar-refractivity contribution in [3.8, 4) is 5.75 Å². The second kappa shape index (κ2) is 5.03. The van der Waals surface area contributed by atoms with Crippen LogP contribution in [0.15, 0.2) is 18.2 Å². The number of benzene rings is 1. The van der Waals surface area contributed by atoms with Crippen molar-refractivity contribution in [1.82, 2.24) is 9.97 Å². The van der Waals surface area contributed by atoms with Gasteiger partial charge in [-0.15, -0.1) is 0 Å². The Morgan fingerprint density at radius 2 is 1.95 bits per heavy atom. The van der Waals surface area contributed by atoms with Crippen LogP contribution in [0.1, 0.15) is 24.4 Å². The van der Waals surface area contributed by atoms with Crippen LogP contribution in [-0.4, -0.2) is 21.3 Å². The van der Waals surface area contributed by atoms with Gasteiger partial charge in [0, 0.05) is 6.42 Å². The van der Waals surface area contributed by atoms with Gasteiger partial charge >= 0.3 is 6.18 Å². The zero-order chi connectivity index (χ0) is 14.0. The summed E-state index contributed by atoms with van der Waals surface area (Å²) >= 11 is 0. The molecule has 0 saturated carbocycles. The average molecular weight is 270 g/mol. The van der Waals surface area contributed by atoms with Gasteiger partial charge in [0.25, 0.3) is 0 Å². The lowest BCUT2D eigenvalue weighted by Gasteiger charge is -2.09. The van der Waals surface area contributed by atoms with Crippen molar-refractivity contribution in [2.24, 2.45) is 0 Å². The van der Waals surface area contributed by atoms with Gasteiger partial charge in [0.2, 0.25) is 0 Å². The molecule has 6 heteroatoms. The summed E-state index contributed by atoms with van der Waals surface area (Å²) < 4.78 is 36.4. The van der Waals surface area contributed by atoms with E-state index in [0.29, 0.717) is 22.4 Å². The predicted octanol–water partition coefficient (Wildman–Crippen LogP) is 3.53. The Morgan fingerprint density at radius 1 is 1.21 bits per heavy atom. The van der Waals surface area contributed by atoms with Crippen LogP contribution in [0.25, 0.3) is 10.9 Å². The molecular formula is C13H13F3N2O. The molecule has 0 unspecified atom stereocenters. The van der Waals surface area contributed by atoms with Crippen LogP contribution < -0.4 is 0 Å². The fourth-order valence-electron chi connectivity index (χ4n) is 2.00. The molecule has 0 saturated heterocycles. The van der Waals surface area contributed by atoms with Crippen LogP contribution in [0.2, 0.25) is 0 Å². The first kappa shape index (κ1) is 13.6. The van der Waals surface area contributed by atoms with Crippen LogP contribution in [0, 0.1) is 6.92 Å². The lowest BCUT2D eigenvalue weighted by Crippen LogP contribution is -2.08. The van der Waals surface area contributed by atoms with E-state index in [1.54, 1.807) is 19.1 Å². The molecule has 0 amide bonds. The Morgan fingerprint density at radius 3 is 2.63 bits per heavy atom. The number of aromatic hydroxyl groups is 1. The topological polar surface area (TPSA) is 46.0 Å². The van der Waals surface area contributed by atoms with Crippen molar-refractivity contribution in [3.05, 3.63) is 29.7 Å². The second-order valence-electron chi connectivity index (χ2n) is 4.36. The maximum atomic E-state index is 12.1. The Labute approximate surface area is 108 Å². The fraction of sp³-hybridized carbons (Fsp3) is 0.385. The monoisotopic (exact) mass is 270 g/mol. The highest BCUT2D eigenvalue weighted by atomic mass is 19.4. The Hall–Kier alpha value is -1.85. The maximum absolute atomic E-state index is 12.1. The number of hydrogen-bond acceptors (Lipinski definition) is 3. The minimum atomic E-state index is -4.17. The molecule has 0 bridgehead atoms. The largest absolute Gasteiger partial charge is 0.507 e. The highest BCUT2D eigenvalue weighted by molar-refractivity contribution is 5.87. The molecule has 0 aliphatic heterocycles. The van der Waals surface area contributed by atoms with Crippen molar-refractivity contribution in [2.45, 2.75) is 32.4 Å². The lowest BCUT2D eigenvalue weighted by molar-refractivity contribution is -0.135. The van der Waals surface area contributed by atoms with Gasteiger partial charge in [-0.3, -0.25) is 0 Å². The van der Waals surface area contributed by atoms with Crippen molar-refractivity contribution >= 4 is 10.9 Å². The van der Waals surface area contributed by atoms with Crippen molar-refractivity contribution < 1.29 is 18.3 Å². The quantitative estimate of drug-likeness (QED) is 0.928. The maximum Gasteiger partial charge on any atom is 0.389 e. The summed E-state index contributed by atoms with van der Waals surface area (Å²) in [6.45, 7) is 1.68. The van der Waals surface area contributed by atoms with Gasteiger partial charge in [-0.05, 0) is 31.9 Å².